The van der Waals surface area contributed by atoms with Crippen molar-refractivity contribution in [1.82, 2.24) is 50.1 Å². The van der Waals surface area contributed by atoms with E-state index in [0.29, 0.717) is 0 Å². The Morgan fingerprint density at radius 2 is 0.855 bits per heavy atom. The van der Waals surface area contributed by atoms with E-state index in [1.807, 2.05) is 124 Å². The molecule has 2 aliphatic heterocycles. The molecule has 0 N–H and O–H groups in total. The molecule has 8 aromatic rings. The zero-order valence-corrected chi connectivity index (χ0v) is 37.7. The first kappa shape index (κ1) is 40.9. The third kappa shape index (κ3) is 6.26. The third-order valence-corrected chi connectivity index (χ3v) is 11.6. The Labute approximate surface area is 388 Å². The molecule has 4 aliphatic rings. The summed E-state index contributed by atoms with van der Waals surface area (Å²) in [5.74, 6) is 0. The Morgan fingerprint density at radius 1 is 0.484 bits per heavy atom. The zero-order valence-electron chi connectivity index (χ0n) is 33.2. The second-order valence-electron chi connectivity index (χ2n) is 14.9. The smallest absolute Gasteiger partial charge is 0.0646 e. The van der Waals surface area contributed by atoms with Gasteiger partial charge in [-0.3, -0.25) is 19.9 Å². The van der Waals surface area contributed by atoms with Gasteiger partial charge < -0.3 is 40.0 Å². The topological polar surface area (TPSA) is 119 Å². The second-order valence-corrected chi connectivity index (χ2v) is 14.9. The summed E-state index contributed by atoms with van der Waals surface area (Å²) in [6.45, 7) is 4.05. The number of anilines is 2. The molecule has 0 amide bonds. The third-order valence-electron chi connectivity index (χ3n) is 11.6. The number of fused-ring (bicyclic) bond motifs is 6. The fourth-order valence-corrected chi connectivity index (χ4v) is 9.15. The predicted octanol–water partition coefficient (Wildman–Crippen LogP) is 6.66. The summed E-state index contributed by atoms with van der Waals surface area (Å²) in [7, 11) is 4.01. The number of rotatable bonds is 6. The number of pyridine rings is 4. The van der Waals surface area contributed by atoms with Gasteiger partial charge in [-0.1, -0.05) is 12.1 Å². The van der Waals surface area contributed by atoms with E-state index in [1.165, 1.54) is 0 Å². The second kappa shape index (κ2) is 16.4. The molecule has 8 heterocycles. The van der Waals surface area contributed by atoms with Crippen LogP contribution in [0.15, 0.2) is 160 Å². The van der Waals surface area contributed by atoms with E-state index in [-0.39, 0.29) is 42.1 Å². The van der Waals surface area contributed by atoms with Crippen LogP contribution >= 0.6 is 0 Å². The average molecular weight is 1170 g/mol. The van der Waals surface area contributed by atoms with E-state index in [2.05, 4.69) is 123 Å². The molecule has 0 atom stereocenters. The van der Waals surface area contributed by atoms with Crippen LogP contribution in [0.5, 0.6) is 0 Å². The van der Waals surface area contributed by atoms with Crippen molar-refractivity contribution in [3.05, 3.63) is 230 Å². The van der Waals surface area contributed by atoms with Crippen molar-refractivity contribution in [2.75, 3.05) is 23.9 Å². The molecule has 14 heteroatoms. The first-order chi connectivity index (χ1) is 29.6. The van der Waals surface area contributed by atoms with Gasteiger partial charge in [0.2, 0.25) is 0 Å². The van der Waals surface area contributed by atoms with Gasteiger partial charge in [-0.15, -0.1) is 22.5 Å². The van der Waals surface area contributed by atoms with E-state index in [1.54, 1.807) is 12.4 Å². The summed E-state index contributed by atoms with van der Waals surface area (Å²) in [4.78, 5) is 25.7. The largest absolute Gasteiger partial charge is 0.581 e. The van der Waals surface area contributed by atoms with Crippen molar-refractivity contribution >= 4 is 11.4 Å². The first-order valence-electron chi connectivity index (χ1n) is 19.4. The minimum Gasteiger partial charge on any atom is -0.581 e. The van der Waals surface area contributed by atoms with Gasteiger partial charge in [0.05, 0.1) is 10.8 Å². The van der Waals surface area contributed by atoms with Gasteiger partial charge in [0.15, 0.2) is 0 Å². The Kier molecular flexibility index (Phi) is 10.8. The van der Waals surface area contributed by atoms with Crippen LogP contribution in [0.25, 0.3) is 22.3 Å². The maximum absolute atomic E-state index is 4.53. The monoisotopic (exact) mass is 1170 g/mol. The summed E-state index contributed by atoms with van der Waals surface area (Å²) in [6.07, 6.45) is 26.5. The molecule has 0 saturated heterocycles. The molecular weight excluding hydrogens is 1130 g/mol. The van der Waals surface area contributed by atoms with Gasteiger partial charge in [0, 0.05) is 125 Å². The van der Waals surface area contributed by atoms with E-state index in [4.69, 9.17) is 0 Å². The Hall–Kier alpha value is -6.48. The van der Waals surface area contributed by atoms with E-state index >= 15 is 0 Å². The molecule has 62 heavy (non-hydrogen) atoms. The van der Waals surface area contributed by atoms with Crippen molar-refractivity contribution < 1.29 is 42.1 Å². The number of nitrogens with zero attached hydrogens (tertiary/aromatic N) is 12. The maximum atomic E-state index is 4.53. The van der Waals surface area contributed by atoms with Gasteiger partial charge in [0.25, 0.3) is 0 Å². The normalized spacial score (nSPS) is 15.5. The standard InChI is InChI=1S/2C24H17N6.2Pt/c2*1-29-11-12-30(16-29)18-4-2-3-17(13-18)24(23-7-10-27-28-23)21-5-8-25-14-19(21)20-15-26-9-6-22(20)24;;/h2*2-12,14-16H,1H3;;/q2*-3;;. The van der Waals surface area contributed by atoms with Gasteiger partial charge >= 0.3 is 0 Å². The Balaban J connectivity index is 0.000000153. The zero-order chi connectivity index (χ0) is 40.3. The first-order valence-corrected chi connectivity index (χ1v) is 19.4. The quantitative estimate of drug-likeness (QED) is 0.166. The predicted molar refractivity (Wildman–Crippen MR) is 226 cm³/mol. The van der Waals surface area contributed by atoms with Crippen LogP contribution < -0.4 is 20.0 Å². The summed E-state index contributed by atoms with van der Waals surface area (Å²) < 4.78 is 0. The van der Waals surface area contributed by atoms with Gasteiger partial charge in [-0.05, 0) is 85.4 Å². The number of benzene rings is 2. The molecule has 2 aliphatic carbocycles. The Morgan fingerprint density at radius 3 is 1.16 bits per heavy atom. The maximum Gasteiger partial charge on any atom is 0.0646 e. The molecule has 12 rings (SSSR count). The average Bonchev–Trinajstić information content (AvgIpc) is 4.17. The van der Waals surface area contributed by atoms with E-state index in [0.717, 1.165) is 78.4 Å². The molecule has 0 radical (unpaired) electrons. The molecule has 0 unspecified atom stereocenters. The molecule has 6 aromatic heterocycles. The summed E-state index contributed by atoms with van der Waals surface area (Å²) in [5.41, 5.74) is 13.2. The molecule has 0 spiro atoms. The van der Waals surface area contributed by atoms with Crippen molar-refractivity contribution in [3.63, 3.8) is 0 Å². The Bertz CT molecular complexity index is 2640. The molecular formula is C48H34N12Pt2-6. The SMILES string of the molecule is CN1C=CN(c2[c-]c(C3(c4cc[n-]n4)c4ccncc4-c4cnccc43)ccc2)[CH-]1.CN1C=CN(c2[c-]c(C3(c4cc[n-]n4)c4ccncc4-c4cnccc43)ccc2)[CH-]1.[Pt].[Pt]. The minimum absolute atomic E-state index is 0. The summed E-state index contributed by atoms with van der Waals surface area (Å²) in [6, 6.07) is 32.1. The van der Waals surface area contributed by atoms with Crippen molar-refractivity contribution in [1.29, 1.82) is 0 Å². The molecule has 312 valence electrons. The van der Waals surface area contributed by atoms with E-state index < -0.39 is 10.8 Å². The van der Waals surface area contributed by atoms with E-state index in [9.17, 15) is 0 Å². The van der Waals surface area contributed by atoms with Crippen molar-refractivity contribution in [2.45, 2.75) is 10.8 Å². The van der Waals surface area contributed by atoms with Crippen LogP contribution in [0.1, 0.15) is 44.8 Å². The fraction of sp³-hybridized carbons (Fsp3) is 0.0833. The fourth-order valence-electron chi connectivity index (χ4n) is 9.15. The van der Waals surface area contributed by atoms with Crippen LogP contribution in [-0.4, -0.2) is 54.0 Å². The van der Waals surface area contributed by atoms with Crippen LogP contribution in [0.2, 0.25) is 0 Å². The number of aromatic nitrogens is 8. The summed E-state index contributed by atoms with van der Waals surface area (Å²) in [5, 5.41) is 17.4. The minimum atomic E-state index is -0.627. The van der Waals surface area contributed by atoms with Crippen LogP contribution in [0.3, 0.4) is 0 Å². The molecule has 2 aromatic carbocycles. The molecule has 0 fully saturated rings. The van der Waals surface area contributed by atoms with Crippen molar-refractivity contribution in [3.8, 4) is 22.3 Å². The van der Waals surface area contributed by atoms with Crippen LogP contribution in [0.4, 0.5) is 11.4 Å². The number of hydrogen-bond acceptors (Lipinski definition) is 10. The molecule has 0 saturated carbocycles. The van der Waals surface area contributed by atoms with Gasteiger partial charge in [-0.25, -0.2) is 0 Å². The molecule has 12 nitrogen and oxygen atoms in total. The number of hydrogen-bond donors (Lipinski definition) is 0. The van der Waals surface area contributed by atoms with Crippen LogP contribution in [-0.2, 0) is 53.0 Å². The summed E-state index contributed by atoms with van der Waals surface area (Å²) >= 11 is 0. The van der Waals surface area contributed by atoms with Crippen LogP contribution in [0, 0.1) is 25.5 Å². The van der Waals surface area contributed by atoms with Crippen molar-refractivity contribution in [2.24, 2.45) is 0 Å². The van der Waals surface area contributed by atoms with Gasteiger partial charge in [0.1, 0.15) is 0 Å². The van der Waals surface area contributed by atoms with Gasteiger partial charge in [-0.2, -0.15) is 74.3 Å². The molecule has 0 bridgehead atoms.